The molecule has 140 valence electrons. The summed E-state index contributed by atoms with van der Waals surface area (Å²) in [5, 5.41) is 8.83. The first-order valence-electron chi connectivity index (χ1n) is 8.04. The van der Waals surface area contributed by atoms with E-state index < -0.39 is 16.0 Å². The second kappa shape index (κ2) is 9.14. The zero-order chi connectivity index (χ0) is 19.2. The predicted molar refractivity (Wildman–Crippen MR) is 101 cm³/mol. The molecule has 0 unspecified atom stereocenters. The highest BCUT2D eigenvalue weighted by atomic mass is 35.5. The Bertz CT molecular complexity index is 857. The summed E-state index contributed by atoms with van der Waals surface area (Å²) < 4.78 is 27.1. The first-order valence-corrected chi connectivity index (χ1v) is 9.90. The SMILES string of the molecule is CN(CCCNS(=O)(=O)c1ccc(C(=O)O)c(Cl)c1)Cc1ccccc1. The van der Waals surface area contributed by atoms with E-state index in [1.165, 1.54) is 17.7 Å². The number of hydrogen-bond donors (Lipinski definition) is 2. The van der Waals surface area contributed by atoms with Gasteiger partial charge in [0.25, 0.3) is 0 Å². The average molecular weight is 397 g/mol. The van der Waals surface area contributed by atoms with Gasteiger partial charge >= 0.3 is 5.97 Å². The number of sulfonamides is 1. The average Bonchev–Trinajstić information content (AvgIpc) is 2.59. The van der Waals surface area contributed by atoms with E-state index in [1.54, 1.807) is 0 Å². The standard InChI is InChI=1S/C18H21ClN2O4S/c1-21(13-14-6-3-2-4-7-14)11-5-10-20-26(24,25)15-8-9-16(18(22)23)17(19)12-15/h2-4,6-9,12,20H,5,10-11,13H2,1H3,(H,22,23). The number of carboxylic acids is 1. The number of carbonyl (C=O) groups is 1. The quantitative estimate of drug-likeness (QED) is 0.636. The molecule has 0 aromatic heterocycles. The van der Waals surface area contributed by atoms with E-state index in [2.05, 4.69) is 9.62 Å². The van der Waals surface area contributed by atoms with Crippen LogP contribution in [0, 0.1) is 0 Å². The molecule has 0 amide bonds. The lowest BCUT2D eigenvalue weighted by atomic mass is 10.2. The summed E-state index contributed by atoms with van der Waals surface area (Å²) in [5.41, 5.74) is 1.07. The van der Waals surface area contributed by atoms with Crippen molar-refractivity contribution < 1.29 is 18.3 Å². The molecule has 0 saturated carbocycles. The van der Waals surface area contributed by atoms with E-state index in [9.17, 15) is 13.2 Å². The van der Waals surface area contributed by atoms with E-state index >= 15 is 0 Å². The second-order valence-corrected chi connectivity index (χ2v) is 8.10. The number of halogens is 1. The number of rotatable bonds is 9. The Morgan fingerprint density at radius 3 is 2.50 bits per heavy atom. The van der Waals surface area contributed by atoms with E-state index in [0.29, 0.717) is 6.42 Å². The lowest BCUT2D eigenvalue weighted by molar-refractivity contribution is 0.0697. The molecule has 0 aliphatic rings. The van der Waals surface area contributed by atoms with Crippen molar-refractivity contribution in [1.29, 1.82) is 0 Å². The summed E-state index contributed by atoms with van der Waals surface area (Å²) in [6, 6.07) is 13.6. The Hall–Kier alpha value is -1.93. The zero-order valence-electron chi connectivity index (χ0n) is 14.4. The van der Waals surface area contributed by atoms with Crippen molar-refractivity contribution in [2.24, 2.45) is 0 Å². The van der Waals surface area contributed by atoms with Crippen molar-refractivity contribution in [3.8, 4) is 0 Å². The molecule has 0 atom stereocenters. The van der Waals surface area contributed by atoms with Crippen LogP contribution in [0.2, 0.25) is 5.02 Å². The highest BCUT2D eigenvalue weighted by Crippen LogP contribution is 2.20. The van der Waals surface area contributed by atoms with E-state index in [0.717, 1.165) is 19.2 Å². The van der Waals surface area contributed by atoms with Crippen LogP contribution in [0.5, 0.6) is 0 Å². The van der Waals surface area contributed by atoms with Crippen LogP contribution in [0.15, 0.2) is 53.4 Å². The van der Waals surface area contributed by atoms with Gasteiger partial charge in [0.1, 0.15) is 0 Å². The highest BCUT2D eigenvalue weighted by Gasteiger charge is 2.17. The van der Waals surface area contributed by atoms with Crippen molar-refractivity contribution in [1.82, 2.24) is 9.62 Å². The number of nitrogens with one attached hydrogen (secondary N) is 1. The summed E-state index contributed by atoms with van der Waals surface area (Å²) in [6.45, 7) is 1.80. The smallest absolute Gasteiger partial charge is 0.337 e. The largest absolute Gasteiger partial charge is 0.478 e. The Morgan fingerprint density at radius 2 is 1.88 bits per heavy atom. The molecule has 0 saturated heterocycles. The van der Waals surface area contributed by atoms with Gasteiger partial charge in [-0.1, -0.05) is 41.9 Å². The van der Waals surface area contributed by atoms with Gasteiger partial charge in [0.2, 0.25) is 10.0 Å². The first kappa shape index (κ1) is 20.4. The third-order valence-electron chi connectivity index (χ3n) is 3.79. The van der Waals surface area contributed by atoms with Crippen molar-refractivity contribution in [2.45, 2.75) is 17.9 Å². The van der Waals surface area contributed by atoms with Gasteiger partial charge in [-0.2, -0.15) is 0 Å². The van der Waals surface area contributed by atoms with Gasteiger partial charge in [-0.3, -0.25) is 0 Å². The minimum Gasteiger partial charge on any atom is -0.478 e. The molecule has 0 heterocycles. The Morgan fingerprint density at radius 1 is 1.19 bits per heavy atom. The first-order chi connectivity index (χ1) is 12.3. The van der Waals surface area contributed by atoms with E-state index in [-0.39, 0.29) is 22.0 Å². The van der Waals surface area contributed by atoms with Gasteiger partial charge in [-0.15, -0.1) is 0 Å². The molecular weight excluding hydrogens is 376 g/mol. The van der Waals surface area contributed by atoms with Crippen molar-refractivity contribution in [3.05, 3.63) is 64.7 Å². The maximum Gasteiger partial charge on any atom is 0.337 e. The molecule has 2 rings (SSSR count). The molecular formula is C18H21ClN2O4S. The lowest BCUT2D eigenvalue weighted by Crippen LogP contribution is -2.28. The monoisotopic (exact) mass is 396 g/mol. The van der Waals surface area contributed by atoms with E-state index in [1.807, 2.05) is 37.4 Å². The van der Waals surface area contributed by atoms with Crippen LogP contribution in [-0.4, -0.2) is 44.5 Å². The van der Waals surface area contributed by atoms with Crippen LogP contribution in [0.25, 0.3) is 0 Å². The number of nitrogens with zero attached hydrogens (tertiary/aromatic N) is 1. The second-order valence-electron chi connectivity index (χ2n) is 5.92. The summed E-state index contributed by atoms with van der Waals surface area (Å²) in [6.07, 6.45) is 0.642. The number of carboxylic acid groups (broad SMARTS) is 1. The van der Waals surface area contributed by atoms with Gasteiger partial charge < -0.3 is 10.0 Å². The minimum atomic E-state index is -3.73. The molecule has 0 spiro atoms. The van der Waals surface area contributed by atoms with Crippen LogP contribution in [0.3, 0.4) is 0 Å². The molecule has 0 aliphatic heterocycles. The molecule has 8 heteroatoms. The van der Waals surface area contributed by atoms with Crippen LogP contribution < -0.4 is 4.72 Å². The molecule has 2 N–H and O–H groups in total. The van der Waals surface area contributed by atoms with E-state index in [4.69, 9.17) is 16.7 Å². The summed E-state index contributed by atoms with van der Waals surface area (Å²) >= 11 is 5.83. The molecule has 6 nitrogen and oxygen atoms in total. The van der Waals surface area contributed by atoms with Crippen molar-refractivity contribution in [2.75, 3.05) is 20.1 Å². The maximum atomic E-state index is 12.3. The lowest BCUT2D eigenvalue weighted by Gasteiger charge is -2.16. The summed E-state index contributed by atoms with van der Waals surface area (Å²) in [7, 11) is -1.75. The maximum absolute atomic E-state index is 12.3. The molecule has 2 aromatic rings. The fourth-order valence-corrected chi connectivity index (χ4v) is 3.88. The van der Waals surface area contributed by atoms with Gasteiger partial charge in [-0.25, -0.2) is 17.9 Å². The molecule has 0 radical (unpaired) electrons. The number of hydrogen-bond acceptors (Lipinski definition) is 4. The van der Waals surface area contributed by atoms with Crippen LogP contribution in [0.4, 0.5) is 0 Å². The predicted octanol–water partition coefficient (Wildman–Crippen LogP) is 2.84. The van der Waals surface area contributed by atoms with Crippen LogP contribution in [-0.2, 0) is 16.6 Å². The van der Waals surface area contributed by atoms with Crippen LogP contribution in [0.1, 0.15) is 22.3 Å². The number of benzene rings is 2. The molecule has 26 heavy (non-hydrogen) atoms. The van der Waals surface area contributed by atoms with Crippen LogP contribution >= 0.6 is 11.6 Å². The van der Waals surface area contributed by atoms with Crippen molar-refractivity contribution >= 4 is 27.6 Å². The third kappa shape index (κ3) is 5.81. The summed E-state index contributed by atoms with van der Waals surface area (Å²) in [5.74, 6) is -1.20. The van der Waals surface area contributed by atoms with Gasteiger partial charge in [0.15, 0.2) is 0 Å². The van der Waals surface area contributed by atoms with Gasteiger partial charge in [0.05, 0.1) is 15.5 Å². The zero-order valence-corrected chi connectivity index (χ0v) is 15.9. The van der Waals surface area contributed by atoms with Gasteiger partial charge in [-0.05, 0) is 43.8 Å². The fourth-order valence-electron chi connectivity index (χ4n) is 2.45. The Labute approximate surface area is 158 Å². The summed E-state index contributed by atoms with van der Waals surface area (Å²) in [4.78, 5) is 13.0. The normalized spacial score (nSPS) is 11.7. The number of aromatic carboxylic acids is 1. The molecule has 0 aliphatic carbocycles. The van der Waals surface area contributed by atoms with Crippen molar-refractivity contribution in [3.63, 3.8) is 0 Å². The Balaban J connectivity index is 1.84. The fraction of sp³-hybridized carbons (Fsp3) is 0.278. The highest BCUT2D eigenvalue weighted by molar-refractivity contribution is 7.89. The Kier molecular flexibility index (Phi) is 7.16. The topological polar surface area (TPSA) is 86.7 Å². The minimum absolute atomic E-state index is 0.0508. The van der Waals surface area contributed by atoms with Gasteiger partial charge in [0, 0.05) is 13.1 Å². The molecule has 0 bridgehead atoms. The molecule has 2 aromatic carbocycles. The molecule has 0 fully saturated rings. The third-order valence-corrected chi connectivity index (χ3v) is 5.56.